The van der Waals surface area contributed by atoms with Gasteiger partial charge in [0, 0.05) is 38.8 Å². The summed E-state index contributed by atoms with van der Waals surface area (Å²) < 4.78 is 0. The number of aliphatic hydroxyl groups excluding tert-OH is 1. The Morgan fingerprint density at radius 2 is 2.04 bits per heavy atom. The van der Waals surface area contributed by atoms with Crippen molar-refractivity contribution in [3.63, 3.8) is 0 Å². The van der Waals surface area contributed by atoms with Crippen molar-refractivity contribution in [2.45, 2.75) is 51.3 Å². The molecule has 1 atom stereocenters. The van der Waals surface area contributed by atoms with E-state index < -0.39 is 0 Å². The third kappa shape index (κ3) is 4.53. The first kappa shape index (κ1) is 18.2. The number of benzene rings is 1. The fraction of sp³-hybridized carbons (Fsp3) is 0.650. The van der Waals surface area contributed by atoms with Crippen LogP contribution in [0, 0.1) is 5.92 Å². The summed E-state index contributed by atoms with van der Waals surface area (Å²) in [5.41, 5.74) is 2.71. The molecule has 1 heterocycles. The molecule has 1 aliphatic heterocycles. The first-order valence-corrected chi connectivity index (χ1v) is 9.36. The van der Waals surface area contributed by atoms with Gasteiger partial charge in [0.25, 0.3) is 0 Å². The summed E-state index contributed by atoms with van der Waals surface area (Å²) in [6, 6.07) is 8.50. The highest BCUT2D eigenvalue weighted by molar-refractivity contribution is 5.74. The van der Waals surface area contributed by atoms with Crippen LogP contribution in [0.4, 0.5) is 4.79 Å². The molecule has 0 saturated heterocycles. The largest absolute Gasteiger partial charge is 0.391 e. The minimum Gasteiger partial charge on any atom is -0.391 e. The zero-order valence-corrected chi connectivity index (χ0v) is 15.7. The number of nitrogens with one attached hydrogen (secondary N) is 1. The first-order valence-electron chi connectivity index (χ1n) is 9.36. The van der Waals surface area contributed by atoms with E-state index in [4.69, 9.17) is 0 Å². The van der Waals surface area contributed by atoms with Gasteiger partial charge in [0.05, 0.1) is 6.10 Å². The van der Waals surface area contributed by atoms with Crippen LogP contribution in [0.2, 0.25) is 0 Å². The molecule has 1 aliphatic carbocycles. The van der Waals surface area contributed by atoms with Crippen molar-refractivity contribution in [1.82, 2.24) is 15.1 Å². The van der Waals surface area contributed by atoms with Crippen molar-refractivity contribution in [2.75, 3.05) is 26.7 Å². The Morgan fingerprint density at radius 3 is 2.72 bits per heavy atom. The maximum Gasteiger partial charge on any atom is 0.317 e. The highest BCUT2D eigenvalue weighted by atomic mass is 16.3. The molecule has 1 fully saturated rings. The highest BCUT2D eigenvalue weighted by Crippen LogP contribution is 2.32. The predicted molar refractivity (Wildman–Crippen MR) is 99.4 cm³/mol. The number of carbonyl (C=O) groups excluding carboxylic acids is 1. The molecule has 25 heavy (non-hydrogen) atoms. The molecule has 5 heteroatoms. The lowest BCUT2D eigenvalue weighted by Crippen LogP contribution is -2.54. The molecule has 2 aliphatic rings. The van der Waals surface area contributed by atoms with E-state index in [0.29, 0.717) is 19.0 Å². The van der Waals surface area contributed by atoms with Gasteiger partial charge in [-0.1, -0.05) is 24.3 Å². The van der Waals surface area contributed by atoms with Gasteiger partial charge in [-0.05, 0) is 50.2 Å². The Labute approximate surface area is 151 Å². The lowest BCUT2D eigenvalue weighted by Gasteiger charge is -2.42. The maximum absolute atomic E-state index is 12.3. The van der Waals surface area contributed by atoms with Gasteiger partial charge >= 0.3 is 6.03 Å². The van der Waals surface area contributed by atoms with Gasteiger partial charge in [-0.15, -0.1) is 0 Å². The number of hydrogen-bond donors (Lipinski definition) is 2. The SMILES string of the molecule is CN(C[C@@H](O)C1CC1)C(=O)NCC(C)(C)N1CCc2ccccc2C1. The van der Waals surface area contributed by atoms with E-state index in [0.717, 1.165) is 32.4 Å². The molecular weight excluding hydrogens is 314 g/mol. The van der Waals surface area contributed by atoms with Crippen LogP contribution >= 0.6 is 0 Å². The summed E-state index contributed by atoms with van der Waals surface area (Å²) >= 11 is 0. The van der Waals surface area contributed by atoms with Crippen molar-refractivity contribution in [1.29, 1.82) is 0 Å². The fourth-order valence-corrected chi connectivity index (χ4v) is 3.54. The molecule has 1 aromatic carbocycles. The minimum absolute atomic E-state index is 0.106. The molecule has 5 nitrogen and oxygen atoms in total. The predicted octanol–water partition coefficient (Wildman–Crippen LogP) is 2.24. The normalized spacial score (nSPS) is 19.2. The lowest BCUT2D eigenvalue weighted by molar-refractivity contribution is 0.0958. The molecule has 0 bridgehead atoms. The average Bonchev–Trinajstić information content (AvgIpc) is 3.44. The van der Waals surface area contributed by atoms with Crippen molar-refractivity contribution in [3.8, 4) is 0 Å². The summed E-state index contributed by atoms with van der Waals surface area (Å²) in [5, 5.41) is 13.0. The monoisotopic (exact) mass is 345 g/mol. The Kier molecular flexibility index (Phi) is 5.35. The number of carbonyl (C=O) groups is 1. The molecule has 3 rings (SSSR count). The van der Waals surface area contributed by atoms with Crippen molar-refractivity contribution >= 4 is 6.03 Å². The van der Waals surface area contributed by atoms with Gasteiger partial charge in [0.1, 0.15) is 0 Å². The van der Waals surface area contributed by atoms with Crippen LogP contribution in [0.5, 0.6) is 0 Å². The summed E-state index contributed by atoms with van der Waals surface area (Å²) in [6.45, 7) is 7.30. The van der Waals surface area contributed by atoms with E-state index in [9.17, 15) is 9.90 Å². The van der Waals surface area contributed by atoms with E-state index >= 15 is 0 Å². The summed E-state index contributed by atoms with van der Waals surface area (Å²) in [5.74, 6) is 0.389. The number of hydrogen-bond acceptors (Lipinski definition) is 3. The topological polar surface area (TPSA) is 55.8 Å². The zero-order chi connectivity index (χ0) is 18.0. The Morgan fingerprint density at radius 1 is 1.36 bits per heavy atom. The number of nitrogens with zero attached hydrogens (tertiary/aromatic N) is 2. The number of aliphatic hydroxyl groups is 1. The Bertz CT molecular complexity index is 613. The van der Waals surface area contributed by atoms with Gasteiger partial charge < -0.3 is 15.3 Å². The standard InChI is InChI=1S/C20H31N3O2/c1-20(2,23-11-10-15-6-4-5-7-17(15)12-23)14-21-19(25)22(3)13-18(24)16-8-9-16/h4-7,16,18,24H,8-14H2,1-3H3,(H,21,25)/t18-/m1/s1. The van der Waals surface area contributed by atoms with Gasteiger partial charge in [0.15, 0.2) is 0 Å². The van der Waals surface area contributed by atoms with E-state index in [-0.39, 0.29) is 17.7 Å². The van der Waals surface area contributed by atoms with Crippen LogP contribution in [-0.2, 0) is 13.0 Å². The first-order chi connectivity index (χ1) is 11.9. The van der Waals surface area contributed by atoms with Gasteiger partial charge in [-0.25, -0.2) is 4.79 Å². The molecule has 2 N–H and O–H groups in total. The molecule has 0 spiro atoms. The zero-order valence-electron chi connectivity index (χ0n) is 15.7. The van der Waals surface area contributed by atoms with Gasteiger partial charge in [-0.3, -0.25) is 4.90 Å². The number of urea groups is 1. The van der Waals surface area contributed by atoms with Gasteiger partial charge in [-0.2, -0.15) is 0 Å². The maximum atomic E-state index is 12.3. The highest BCUT2D eigenvalue weighted by Gasteiger charge is 2.32. The molecule has 0 radical (unpaired) electrons. The quantitative estimate of drug-likeness (QED) is 0.831. The summed E-state index contributed by atoms with van der Waals surface area (Å²) in [4.78, 5) is 16.4. The lowest BCUT2D eigenvalue weighted by atomic mass is 9.94. The molecule has 0 aromatic heterocycles. The van der Waals surface area contributed by atoms with Crippen LogP contribution in [0.3, 0.4) is 0 Å². The third-order valence-electron chi connectivity index (χ3n) is 5.63. The molecule has 1 aromatic rings. The number of likely N-dealkylation sites (N-methyl/N-ethyl adjacent to an activating group) is 1. The van der Waals surface area contributed by atoms with Crippen molar-refractivity contribution < 1.29 is 9.90 Å². The molecule has 1 saturated carbocycles. The van der Waals surface area contributed by atoms with E-state index in [1.165, 1.54) is 11.1 Å². The third-order valence-corrected chi connectivity index (χ3v) is 5.63. The van der Waals surface area contributed by atoms with Crippen LogP contribution in [-0.4, -0.2) is 59.3 Å². The Balaban J connectivity index is 1.50. The second-order valence-electron chi connectivity index (χ2n) is 8.20. The van der Waals surface area contributed by atoms with E-state index in [1.807, 2.05) is 0 Å². The van der Waals surface area contributed by atoms with E-state index in [1.54, 1.807) is 11.9 Å². The number of amides is 2. The summed E-state index contributed by atoms with van der Waals surface area (Å²) in [6.07, 6.45) is 2.84. The van der Waals surface area contributed by atoms with Crippen LogP contribution in [0.1, 0.15) is 37.8 Å². The smallest absolute Gasteiger partial charge is 0.317 e. The van der Waals surface area contributed by atoms with Crippen LogP contribution in [0.15, 0.2) is 24.3 Å². The van der Waals surface area contributed by atoms with Crippen LogP contribution < -0.4 is 5.32 Å². The average molecular weight is 345 g/mol. The van der Waals surface area contributed by atoms with Crippen molar-refractivity contribution in [3.05, 3.63) is 35.4 Å². The van der Waals surface area contributed by atoms with E-state index in [2.05, 4.69) is 48.3 Å². The van der Waals surface area contributed by atoms with Gasteiger partial charge in [0.2, 0.25) is 0 Å². The molecular formula is C20H31N3O2. The van der Waals surface area contributed by atoms with Crippen molar-refractivity contribution in [2.24, 2.45) is 5.92 Å². The second-order valence-corrected chi connectivity index (χ2v) is 8.20. The Hall–Kier alpha value is -1.59. The molecule has 0 unspecified atom stereocenters. The molecule has 2 amide bonds. The fourth-order valence-electron chi connectivity index (χ4n) is 3.54. The minimum atomic E-state index is -0.387. The number of fused-ring (bicyclic) bond motifs is 1. The summed E-state index contributed by atoms with van der Waals surface area (Å²) in [7, 11) is 1.76. The molecule has 138 valence electrons. The second kappa shape index (κ2) is 7.34. The van der Waals surface area contributed by atoms with Crippen LogP contribution in [0.25, 0.3) is 0 Å². The number of rotatable bonds is 6.